The Morgan fingerprint density at radius 1 is 1.19 bits per heavy atom. The fourth-order valence-electron chi connectivity index (χ4n) is 3.13. The highest BCUT2D eigenvalue weighted by Gasteiger charge is 2.36. The molecule has 12 heteroatoms. The highest BCUT2D eigenvalue weighted by atomic mass is 35.5. The molecular weight excluding hydrogens is 453 g/mol. The van der Waals surface area contributed by atoms with Crippen LogP contribution >= 0.6 is 11.6 Å². The van der Waals surface area contributed by atoms with Gasteiger partial charge in [0.2, 0.25) is 5.88 Å². The molecule has 1 N–H and O–H groups in total. The molecule has 0 aliphatic rings. The fourth-order valence-corrected chi connectivity index (χ4v) is 3.37. The number of anilines is 1. The number of benzene rings is 1. The van der Waals surface area contributed by atoms with Gasteiger partial charge in [0, 0.05) is 19.2 Å². The van der Waals surface area contributed by atoms with Crippen LogP contribution in [0.1, 0.15) is 18.2 Å². The number of hydrogen-bond donors (Lipinski definition) is 1. The molecule has 2 aromatic heterocycles. The predicted octanol–water partition coefficient (Wildman–Crippen LogP) is 4.37. The number of fused-ring (bicyclic) bond motifs is 1. The van der Waals surface area contributed by atoms with E-state index in [1.165, 1.54) is 51.9 Å². The SMILES string of the molecule is COc1cc(OC)c(NC(=O)[C@H](C)Oc2cc(C(F)(F)F)c3c(C)nn(C)c3n2)cc1Cl. The Morgan fingerprint density at radius 3 is 2.44 bits per heavy atom. The van der Waals surface area contributed by atoms with Crippen molar-refractivity contribution in [2.45, 2.75) is 26.1 Å². The standard InChI is InChI=1S/C20H20ClF3N4O4/c1-9-17-11(20(22,23)24)6-16(26-18(17)28(3)27-9)32-10(2)19(29)25-13-7-12(21)14(30-4)8-15(13)31-5/h6-8,10H,1-5H3,(H,25,29)/t10-/m0/s1. The third-order valence-corrected chi connectivity index (χ3v) is 4.94. The molecule has 0 unspecified atom stereocenters. The van der Waals surface area contributed by atoms with Crippen molar-refractivity contribution in [2.24, 2.45) is 7.05 Å². The molecule has 0 saturated carbocycles. The zero-order valence-electron chi connectivity index (χ0n) is 17.8. The second kappa shape index (κ2) is 8.73. The van der Waals surface area contributed by atoms with E-state index in [0.717, 1.165) is 6.07 Å². The highest BCUT2D eigenvalue weighted by molar-refractivity contribution is 6.32. The molecule has 1 atom stereocenters. The molecule has 3 rings (SSSR count). The number of nitrogens with zero attached hydrogens (tertiary/aromatic N) is 3. The predicted molar refractivity (Wildman–Crippen MR) is 112 cm³/mol. The number of aromatic nitrogens is 3. The molecule has 0 bridgehead atoms. The number of nitrogens with one attached hydrogen (secondary N) is 1. The van der Waals surface area contributed by atoms with Crippen LogP contribution < -0.4 is 19.5 Å². The van der Waals surface area contributed by atoms with Crippen LogP contribution in [0.4, 0.5) is 18.9 Å². The number of ether oxygens (including phenoxy) is 3. The second-order valence-corrected chi connectivity index (χ2v) is 7.26. The lowest BCUT2D eigenvalue weighted by Gasteiger charge is -2.17. The molecule has 1 amide bonds. The Kier molecular flexibility index (Phi) is 6.40. The van der Waals surface area contributed by atoms with Gasteiger partial charge in [-0.3, -0.25) is 9.48 Å². The maximum atomic E-state index is 13.6. The first-order valence-electron chi connectivity index (χ1n) is 9.26. The van der Waals surface area contributed by atoms with Crippen LogP contribution in [0.15, 0.2) is 18.2 Å². The third kappa shape index (κ3) is 4.52. The molecule has 32 heavy (non-hydrogen) atoms. The zero-order valence-corrected chi connectivity index (χ0v) is 18.6. The average molecular weight is 473 g/mol. The number of hydrogen-bond acceptors (Lipinski definition) is 6. The molecule has 8 nitrogen and oxygen atoms in total. The minimum Gasteiger partial charge on any atom is -0.495 e. The molecular formula is C20H20ClF3N4O4. The Bertz CT molecular complexity index is 1180. The van der Waals surface area contributed by atoms with Gasteiger partial charge < -0.3 is 19.5 Å². The van der Waals surface area contributed by atoms with E-state index in [1.54, 1.807) is 0 Å². The van der Waals surface area contributed by atoms with Gasteiger partial charge in [-0.1, -0.05) is 11.6 Å². The number of pyridine rings is 1. The van der Waals surface area contributed by atoms with Gasteiger partial charge in [0.05, 0.1) is 41.6 Å². The number of aryl methyl sites for hydroxylation is 2. The van der Waals surface area contributed by atoms with Crippen molar-refractivity contribution in [3.05, 3.63) is 34.5 Å². The molecule has 1 aromatic carbocycles. The Hall–Kier alpha value is -3.21. The van der Waals surface area contributed by atoms with Crippen molar-refractivity contribution in [2.75, 3.05) is 19.5 Å². The first-order chi connectivity index (χ1) is 15.0. The van der Waals surface area contributed by atoms with Crippen molar-refractivity contribution < 1.29 is 32.2 Å². The van der Waals surface area contributed by atoms with Crippen molar-refractivity contribution in [3.63, 3.8) is 0 Å². The van der Waals surface area contributed by atoms with E-state index in [0.29, 0.717) is 5.75 Å². The third-order valence-electron chi connectivity index (χ3n) is 4.65. The summed E-state index contributed by atoms with van der Waals surface area (Å²) >= 11 is 6.10. The Balaban J connectivity index is 1.89. The van der Waals surface area contributed by atoms with Crippen LogP contribution in [0, 0.1) is 6.92 Å². The summed E-state index contributed by atoms with van der Waals surface area (Å²) in [6.07, 6.45) is -5.85. The minimum atomic E-state index is -4.66. The molecule has 0 fully saturated rings. The van der Waals surface area contributed by atoms with Gasteiger partial charge in [0.15, 0.2) is 11.8 Å². The van der Waals surface area contributed by atoms with Gasteiger partial charge >= 0.3 is 6.18 Å². The zero-order chi connectivity index (χ0) is 23.8. The lowest BCUT2D eigenvalue weighted by Crippen LogP contribution is -2.30. The van der Waals surface area contributed by atoms with E-state index in [9.17, 15) is 18.0 Å². The first kappa shape index (κ1) is 23.5. The van der Waals surface area contributed by atoms with Crippen molar-refractivity contribution >= 4 is 34.2 Å². The number of methoxy groups -OCH3 is 2. The van der Waals surface area contributed by atoms with Gasteiger partial charge in [-0.15, -0.1) is 0 Å². The van der Waals surface area contributed by atoms with Crippen LogP contribution in [0.3, 0.4) is 0 Å². The van der Waals surface area contributed by atoms with E-state index >= 15 is 0 Å². The van der Waals surface area contributed by atoms with E-state index in [-0.39, 0.29) is 39.1 Å². The molecule has 172 valence electrons. The second-order valence-electron chi connectivity index (χ2n) is 6.85. The quantitative estimate of drug-likeness (QED) is 0.573. The number of rotatable bonds is 6. The van der Waals surface area contributed by atoms with Crippen LogP contribution in [0.25, 0.3) is 11.0 Å². The summed E-state index contributed by atoms with van der Waals surface area (Å²) in [5.74, 6) is -0.401. The smallest absolute Gasteiger partial charge is 0.417 e. The van der Waals surface area contributed by atoms with Gasteiger partial charge in [-0.25, -0.2) is 0 Å². The van der Waals surface area contributed by atoms with Crippen molar-refractivity contribution in [3.8, 4) is 17.4 Å². The molecule has 0 radical (unpaired) electrons. The van der Waals surface area contributed by atoms with E-state index in [4.69, 9.17) is 25.8 Å². The molecule has 0 aliphatic heterocycles. The summed E-state index contributed by atoms with van der Waals surface area (Å²) in [4.78, 5) is 16.7. The Labute approximate surface area is 186 Å². The summed E-state index contributed by atoms with van der Waals surface area (Å²) in [6.45, 7) is 2.84. The van der Waals surface area contributed by atoms with Gasteiger partial charge in [0.1, 0.15) is 11.5 Å². The average Bonchev–Trinajstić information content (AvgIpc) is 3.00. The number of halogens is 4. The number of alkyl halides is 3. The summed E-state index contributed by atoms with van der Waals surface area (Å²) in [5, 5.41) is 6.68. The van der Waals surface area contributed by atoms with E-state index in [1.807, 2.05) is 0 Å². The highest BCUT2D eigenvalue weighted by Crippen LogP contribution is 2.38. The van der Waals surface area contributed by atoms with Crippen LogP contribution in [-0.2, 0) is 18.0 Å². The molecule has 0 aliphatic carbocycles. The van der Waals surface area contributed by atoms with Gasteiger partial charge in [0.25, 0.3) is 5.91 Å². The molecule has 2 heterocycles. The number of carbonyl (C=O) groups excluding carboxylic acids is 1. The summed E-state index contributed by atoms with van der Waals surface area (Å²) in [7, 11) is 4.30. The lowest BCUT2D eigenvalue weighted by molar-refractivity contribution is -0.136. The fraction of sp³-hybridized carbons (Fsp3) is 0.350. The number of amides is 1. The summed E-state index contributed by atoms with van der Waals surface area (Å²) in [5.41, 5.74) is -0.536. The van der Waals surface area contributed by atoms with Crippen molar-refractivity contribution in [1.29, 1.82) is 0 Å². The largest absolute Gasteiger partial charge is 0.495 e. The van der Waals surface area contributed by atoms with Crippen LogP contribution in [0.5, 0.6) is 17.4 Å². The van der Waals surface area contributed by atoms with Gasteiger partial charge in [-0.05, 0) is 19.9 Å². The molecule has 0 spiro atoms. The minimum absolute atomic E-state index is 0.0106. The maximum Gasteiger partial charge on any atom is 0.417 e. The first-order valence-corrected chi connectivity index (χ1v) is 9.64. The molecule has 0 saturated heterocycles. The number of carbonyl (C=O) groups is 1. The topological polar surface area (TPSA) is 87.5 Å². The van der Waals surface area contributed by atoms with Crippen molar-refractivity contribution in [1.82, 2.24) is 14.8 Å². The Morgan fingerprint density at radius 2 is 1.84 bits per heavy atom. The van der Waals surface area contributed by atoms with E-state index < -0.39 is 23.8 Å². The monoisotopic (exact) mass is 472 g/mol. The van der Waals surface area contributed by atoms with Crippen LogP contribution in [-0.4, -0.2) is 41.0 Å². The summed E-state index contributed by atoms with van der Waals surface area (Å²) in [6, 6.07) is 3.67. The van der Waals surface area contributed by atoms with Crippen LogP contribution in [0.2, 0.25) is 5.02 Å². The summed E-state index contributed by atoms with van der Waals surface area (Å²) < 4.78 is 57.8. The van der Waals surface area contributed by atoms with E-state index in [2.05, 4.69) is 15.4 Å². The normalized spacial score (nSPS) is 12.5. The van der Waals surface area contributed by atoms with Gasteiger partial charge in [-0.2, -0.15) is 23.3 Å². The molecule has 3 aromatic rings. The lowest BCUT2D eigenvalue weighted by atomic mass is 10.1. The maximum absolute atomic E-state index is 13.6.